The van der Waals surface area contributed by atoms with Gasteiger partial charge in [0, 0.05) is 12.2 Å². The van der Waals surface area contributed by atoms with E-state index in [0.29, 0.717) is 6.61 Å². The van der Waals surface area contributed by atoms with E-state index < -0.39 is 0 Å². The minimum Gasteiger partial charge on any atom is -0.489 e. The molecule has 2 aromatic rings. The molecule has 1 aliphatic heterocycles. The van der Waals surface area contributed by atoms with Crippen LogP contribution in [0.25, 0.3) is 0 Å². The van der Waals surface area contributed by atoms with E-state index in [1.165, 1.54) is 0 Å². The summed E-state index contributed by atoms with van der Waals surface area (Å²) in [6.07, 6.45) is 2.02. The van der Waals surface area contributed by atoms with Gasteiger partial charge in [0.25, 0.3) is 0 Å². The number of ether oxygens (including phenoxy) is 1. The predicted molar refractivity (Wildman–Crippen MR) is 98.7 cm³/mol. The summed E-state index contributed by atoms with van der Waals surface area (Å²) in [7, 11) is 0. The highest BCUT2D eigenvalue weighted by Gasteiger charge is 2.20. The molecule has 0 aliphatic carbocycles. The first-order chi connectivity index (χ1) is 11.3. The van der Waals surface area contributed by atoms with Crippen LogP contribution in [-0.4, -0.2) is 19.0 Å². The van der Waals surface area contributed by atoms with Crippen LogP contribution in [0.4, 0.5) is 5.69 Å². The van der Waals surface area contributed by atoms with Crippen molar-refractivity contribution in [1.29, 1.82) is 0 Å². The van der Waals surface area contributed by atoms with Gasteiger partial charge in [-0.25, -0.2) is 0 Å². The Morgan fingerprint density at radius 2 is 1.88 bits per heavy atom. The van der Waals surface area contributed by atoms with Crippen LogP contribution >= 0.6 is 12.4 Å². The molecule has 2 aromatic carbocycles. The molecule has 1 saturated heterocycles. The molecule has 0 spiro atoms. The molecule has 1 aliphatic rings. The fourth-order valence-corrected chi connectivity index (χ4v) is 2.70. The van der Waals surface area contributed by atoms with Crippen molar-refractivity contribution < 1.29 is 9.53 Å². The van der Waals surface area contributed by atoms with E-state index in [1.54, 1.807) is 0 Å². The lowest BCUT2D eigenvalue weighted by atomic mass is 9.99. The summed E-state index contributed by atoms with van der Waals surface area (Å²) >= 11 is 0. The van der Waals surface area contributed by atoms with Crippen LogP contribution in [0.15, 0.2) is 54.6 Å². The van der Waals surface area contributed by atoms with Crippen LogP contribution in [0, 0.1) is 5.92 Å². The summed E-state index contributed by atoms with van der Waals surface area (Å²) in [4.78, 5) is 12.2. The van der Waals surface area contributed by atoms with Gasteiger partial charge in [0.1, 0.15) is 12.4 Å². The van der Waals surface area contributed by atoms with Crippen LogP contribution in [0.5, 0.6) is 5.75 Å². The van der Waals surface area contributed by atoms with Crippen LogP contribution in [0.3, 0.4) is 0 Å². The predicted octanol–water partition coefficient (Wildman–Crippen LogP) is 3.63. The Labute approximate surface area is 149 Å². The molecule has 4 nitrogen and oxygen atoms in total. The molecule has 1 amide bonds. The van der Waals surface area contributed by atoms with Crippen molar-refractivity contribution in [2.75, 3.05) is 18.4 Å². The molecule has 1 atom stereocenters. The van der Waals surface area contributed by atoms with Crippen molar-refractivity contribution in [2.45, 2.75) is 19.4 Å². The maximum Gasteiger partial charge on any atom is 0.228 e. The third kappa shape index (κ3) is 5.25. The summed E-state index contributed by atoms with van der Waals surface area (Å²) in [6.45, 7) is 2.32. The van der Waals surface area contributed by atoms with E-state index in [4.69, 9.17) is 4.74 Å². The van der Waals surface area contributed by atoms with Gasteiger partial charge in [-0.05, 0) is 49.2 Å². The molecule has 24 heavy (non-hydrogen) atoms. The smallest absolute Gasteiger partial charge is 0.228 e. The SMILES string of the molecule is Cl.O=C(Nc1ccc(OCc2ccccc2)cc1)[C@@H]1CCCNC1. The molecular formula is C19H23ClN2O2. The lowest BCUT2D eigenvalue weighted by Crippen LogP contribution is -2.37. The number of nitrogens with one attached hydrogen (secondary N) is 2. The van der Waals surface area contributed by atoms with E-state index >= 15 is 0 Å². The van der Waals surface area contributed by atoms with Crippen molar-refractivity contribution >= 4 is 24.0 Å². The molecule has 0 unspecified atom stereocenters. The highest BCUT2D eigenvalue weighted by atomic mass is 35.5. The van der Waals surface area contributed by atoms with Crippen LogP contribution in [0.1, 0.15) is 18.4 Å². The lowest BCUT2D eigenvalue weighted by molar-refractivity contribution is -0.120. The van der Waals surface area contributed by atoms with Gasteiger partial charge >= 0.3 is 0 Å². The molecule has 5 heteroatoms. The van der Waals surface area contributed by atoms with Gasteiger partial charge < -0.3 is 15.4 Å². The van der Waals surface area contributed by atoms with Crippen LogP contribution < -0.4 is 15.4 Å². The molecule has 1 heterocycles. The quantitative estimate of drug-likeness (QED) is 0.869. The maximum absolute atomic E-state index is 12.2. The molecule has 0 bridgehead atoms. The second-order valence-electron chi connectivity index (χ2n) is 5.83. The maximum atomic E-state index is 12.2. The fourth-order valence-electron chi connectivity index (χ4n) is 2.70. The van der Waals surface area contributed by atoms with Gasteiger partial charge in [-0.1, -0.05) is 30.3 Å². The van der Waals surface area contributed by atoms with E-state index in [0.717, 1.165) is 42.9 Å². The number of carbonyl (C=O) groups excluding carboxylic acids is 1. The lowest BCUT2D eigenvalue weighted by Gasteiger charge is -2.21. The highest BCUT2D eigenvalue weighted by molar-refractivity contribution is 5.92. The van der Waals surface area contributed by atoms with Crippen molar-refractivity contribution in [3.63, 3.8) is 0 Å². The average molecular weight is 347 g/mol. The summed E-state index contributed by atoms with van der Waals surface area (Å²) in [5.74, 6) is 0.957. The third-order valence-corrected chi connectivity index (χ3v) is 4.04. The number of rotatable bonds is 5. The minimum atomic E-state index is 0. The second-order valence-corrected chi connectivity index (χ2v) is 5.83. The first kappa shape index (κ1) is 18.3. The van der Waals surface area contributed by atoms with E-state index in [1.807, 2.05) is 54.6 Å². The largest absolute Gasteiger partial charge is 0.489 e. The number of carbonyl (C=O) groups is 1. The zero-order valence-electron chi connectivity index (χ0n) is 13.5. The molecule has 0 aromatic heterocycles. The zero-order chi connectivity index (χ0) is 15.9. The summed E-state index contributed by atoms with van der Waals surface area (Å²) in [5.41, 5.74) is 1.95. The Kier molecular flexibility index (Phi) is 7.09. The summed E-state index contributed by atoms with van der Waals surface area (Å²) in [6, 6.07) is 17.6. The Bertz CT molecular complexity index is 626. The fraction of sp³-hybridized carbons (Fsp3) is 0.316. The second kappa shape index (κ2) is 9.30. The van der Waals surface area contributed by atoms with E-state index in [9.17, 15) is 4.79 Å². The van der Waals surface area contributed by atoms with Gasteiger partial charge in [0.05, 0.1) is 5.92 Å². The first-order valence-corrected chi connectivity index (χ1v) is 8.09. The van der Waals surface area contributed by atoms with Crippen LogP contribution in [0.2, 0.25) is 0 Å². The standard InChI is InChI=1S/C19H22N2O2.ClH/c22-19(16-7-4-12-20-13-16)21-17-8-10-18(11-9-17)23-14-15-5-2-1-3-6-15;/h1-3,5-6,8-11,16,20H,4,7,12-14H2,(H,21,22);1H/t16-;/m1./s1. The number of hydrogen-bond acceptors (Lipinski definition) is 3. The van der Waals surface area contributed by atoms with Gasteiger partial charge in [0.2, 0.25) is 5.91 Å². The topological polar surface area (TPSA) is 50.4 Å². The minimum absolute atomic E-state index is 0. The molecule has 2 N–H and O–H groups in total. The molecule has 3 rings (SSSR count). The van der Waals surface area contributed by atoms with E-state index in [-0.39, 0.29) is 24.2 Å². The van der Waals surface area contributed by atoms with Gasteiger partial charge in [-0.2, -0.15) is 0 Å². The van der Waals surface area contributed by atoms with Crippen molar-refractivity contribution in [3.8, 4) is 5.75 Å². The third-order valence-electron chi connectivity index (χ3n) is 4.04. The Hall–Kier alpha value is -2.04. The molecule has 0 saturated carbocycles. The molecule has 1 fully saturated rings. The first-order valence-electron chi connectivity index (χ1n) is 8.09. The average Bonchev–Trinajstić information content (AvgIpc) is 2.63. The Morgan fingerprint density at radius 1 is 1.12 bits per heavy atom. The molecule has 0 radical (unpaired) electrons. The van der Waals surface area contributed by atoms with Crippen molar-refractivity contribution in [1.82, 2.24) is 5.32 Å². The van der Waals surface area contributed by atoms with Crippen molar-refractivity contribution in [3.05, 3.63) is 60.2 Å². The Morgan fingerprint density at radius 3 is 2.54 bits per heavy atom. The number of halogens is 1. The van der Waals surface area contributed by atoms with Gasteiger partial charge in [-0.3, -0.25) is 4.79 Å². The van der Waals surface area contributed by atoms with E-state index in [2.05, 4.69) is 10.6 Å². The van der Waals surface area contributed by atoms with Crippen molar-refractivity contribution in [2.24, 2.45) is 5.92 Å². The van der Waals surface area contributed by atoms with Gasteiger partial charge in [-0.15, -0.1) is 12.4 Å². The van der Waals surface area contributed by atoms with Crippen LogP contribution in [-0.2, 0) is 11.4 Å². The normalized spacial score (nSPS) is 16.8. The molecule has 128 valence electrons. The monoisotopic (exact) mass is 346 g/mol. The highest BCUT2D eigenvalue weighted by Crippen LogP contribution is 2.19. The summed E-state index contributed by atoms with van der Waals surface area (Å²) in [5, 5.41) is 6.24. The number of amides is 1. The summed E-state index contributed by atoms with van der Waals surface area (Å²) < 4.78 is 5.75. The zero-order valence-corrected chi connectivity index (χ0v) is 14.4. The number of piperidine rings is 1. The number of hydrogen-bond donors (Lipinski definition) is 2. The Balaban J connectivity index is 0.00000208. The number of benzene rings is 2. The number of anilines is 1. The molecular weight excluding hydrogens is 324 g/mol. The van der Waals surface area contributed by atoms with Gasteiger partial charge in [0.15, 0.2) is 0 Å².